The van der Waals surface area contributed by atoms with Crippen molar-refractivity contribution in [3.63, 3.8) is 0 Å². The number of benzene rings is 2. The van der Waals surface area contributed by atoms with Gasteiger partial charge in [-0.25, -0.2) is 4.90 Å². The largest absolute Gasteiger partial charge is 0.503 e. The summed E-state index contributed by atoms with van der Waals surface area (Å²) in [4.78, 5) is 69.6. The van der Waals surface area contributed by atoms with Crippen molar-refractivity contribution in [1.29, 1.82) is 0 Å². The van der Waals surface area contributed by atoms with Crippen LogP contribution in [0.25, 0.3) is 0 Å². The lowest BCUT2D eigenvalue weighted by Gasteiger charge is -2.49. The van der Waals surface area contributed by atoms with Gasteiger partial charge in [-0.2, -0.15) is 0 Å². The van der Waals surface area contributed by atoms with Crippen LogP contribution in [0.5, 0.6) is 11.5 Å². The van der Waals surface area contributed by atoms with Gasteiger partial charge in [0.1, 0.15) is 0 Å². The Bertz CT molecular complexity index is 1620. The van der Waals surface area contributed by atoms with Gasteiger partial charge >= 0.3 is 5.97 Å². The van der Waals surface area contributed by atoms with Crippen molar-refractivity contribution < 1.29 is 38.9 Å². The van der Waals surface area contributed by atoms with Crippen molar-refractivity contribution in [1.82, 2.24) is 4.90 Å². The first kappa shape index (κ1) is 30.8. The molecule has 10 nitrogen and oxygen atoms in total. The molecule has 0 unspecified atom stereocenters. The number of aromatic hydroxyl groups is 1. The van der Waals surface area contributed by atoms with E-state index in [1.165, 1.54) is 16.9 Å². The number of likely N-dealkylation sites (tertiary alicyclic amines) is 1. The monoisotopic (exact) mass is 634 g/mol. The number of ether oxygens (including phenoxy) is 1. The normalized spacial score (nSPS) is 29.0. The van der Waals surface area contributed by atoms with Gasteiger partial charge in [0, 0.05) is 18.9 Å². The molecule has 0 radical (unpaired) electrons. The Labute approximate surface area is 265 Å². The van der Waals surface area contributed by atoms with Gasteiger partial charge < -0.3 is 14.9 Å². The van der Waals surface area contributed by atoms with E-state index in [0.29, 0.717) is 36.9 Å². The first-order valence-electron chi connectivity index (χ1n) is 15.3. The van der Waals surface area contributed by atoms with E-state index in [4.69, 9.17) is 21.4 Å². The number of para-hydroxylation sites is 1. The third kappa shape index (κ3) is 4.81. The zero-order chi connectivity index (χ0) is 32.2. The lowest BCUT2D eigenvalue weighted by Crippen LogP contribution is -2.48. The number of carboxylic acid groups (broad SMARTS) is 1. The van der Waals surface area contributed by atoms with Crippen LogP contribution in [-0.2, 0) is 24.0 Å². The van der Waals surface area contributed by atoms with E-state index >= 15 is 0 Å². The molecule has 2 saturated heterocycles. The minimum absolute atomic E-state index is 0.0267. The summed E-state index contributed by atoms with van der Waals surface area (Å²) in [5.74, 6) is -5.50. The molecule has 3 fully saturated rings. The van der Waals surface area contributed by atoms with Gasteiger partial charge in [-0.15, -0.1) is 0 Å². The summed E-state index contributed by atoms with van der Waals surface area (Å²) < 4.78 is 5.40. The topological polar surface area (TPSA) is 142 Å². The van der Waals surface area contributed by atoms with Crippen LogP contribution in [0.2, 0.25) is 5.02 Å². The van der Waals surface area contributed by atoms with E-state index in [0.717, 1.165) is 5.57 Å². The number of methoxy groups -OCH3 is 1. The minimum atomic E-state index is -1.25. The van der Waals surface area contributed by atoms with Crippen molar-refractivity contribution in [2.24, 2.45) is 29.1 Å². The maximum atomic E-state index is 14.4. The molecule has 2 heterocycles. The fourth-order valence-electron chi connectivity index (χ4n) is 8.14. The number of phenolic OH excluding ortho intramolecular Hbond substituents is 1. The summed E-state index contributed by atoms with van der Waals surface area (Å²) in [6.07, 6.45) is 4.05. The summed E-state index contributed by atoms with van der Waals surface area (Å²) in [5.41, 5.74) is 0.585. The molecule has 4 amide bonds. The number of carbonyl (C=O) groups is 5. The molecule has 11 heteroatoms. The Morgan fingerprint density at radius 2 is 1.76 bits per heavy atom. The number of rotatable bonds is 9. The molecule has 2 aliphatic heterocycles. The van der Waals surface area contributed by atoms with Gasteiger partial charge in [-0.1, -0.05) is 47.9 Å². The fourth-order valence-corrected chi connectivity index (χ4v) is 8.36. The highest BCUT2D eigenvalue weighted by Crippen LogP contribution is 2.64. The molecule has 4 aliphatic rings. The number of hydrogen-bond acceptors (Lipinski definition) is 7. The maximum Gasteiger partial charge on any atom is 0.303 e. The van der Waals surface area contributed by atoms with Crippen LogP contribution in [0, 0.1) is 29.1 Å². The third-order valence-electron chi connectivity index (χ3n) is 10.3. The number of fused-ring (bicyclic) bond motifs is 4. The Hall–Kier alpha value is -4.18. The second-order valence-corrected chi connectivity index (χ2v) is 13.0. The van der Waals surface area contributed by atoms with Crippen molar-refractivity contribution >= 4 is 46.9 Å². The van der Waals surface area contributed by atoms with Crippen molar-refractivity contribution in [3.05, 3.63) is 64.7 Å². The number of imide groups is 2. The molecule has 2 aromatic rings. The standard InChI is InChI=1S/C34H35ClN2O8/c1-34-23(31(42)37(33(34)44)19-9-5-3-6-10-19)17-22-20(28(34)18-15-24(35)29(40)25(16-18)45-2)12-13-21-27(22)32(43)36(30(21)41)14-8-4-7-11-26(38)39/h3,5-6,9-10,12,15-16,21-23,27-28,40H,4,7-8,11,13-14,17H2,1-2H3,(H,38,39)/t21-,22+,23-,27-,28-,34+/m0/s1. The number of amides is 4. The van der Waals surface area contributed by atoms with E-state index in [1.54, 1.807) is 49.4 Å². The average Bonchev–Trinajstić information content (AvgIpc) is 3.38. The highest BCUT2D eigenvalue weighted by atomic mass is 35.5. The van der Waals surface area contributed by atoms with Crippen LogP contribution in [0.1, 0.15) is 56.9 Å². The number of aliphatic carboxylic acids is 1. The molecule has 0 bridgehead atoms. The molecular formula is C34H35ClN2O8. The molecule has 0 aromatic heterocycles. The molecule has 45 heavy (non-hydrogen) atoms. The highest BCUT2D eigenvalue weighted by molar-refractivity contribution is 6.32. The molecule has 236 valence electrons. The fraction of sp³-hybridized carbons (Fsp3) is 0.441. The second kappa shape index (κ2) is 11.6. The molecule has 6 atom stereocenters. The van der Waals surface area contributed by atoms with Gasteiger partial charge in [-0.3, -0.25) is 28.9 Å². The van der Waals surface area contributed by atoms with Gasteiger partial charge in [0.25, 0.3) is 0 Å². The molecule has 6 rings (SSSR count). The van der Waals surface area contributed by atoms with E-state index in [1.807, 2.05) is 6.08 Å². The van der Waals surface area contributed by atoms with E-state index in [-0.39, 0.29) is 59.5 Å². The van der Waals surface area contributed by atoms with Crippen LogP contribution in [0.3, 0.4) is 0 Å². The van der Waals surface area contributed by atoms with Crippen LogP contribution in [0.4, 0.5) is 5.69 Å². The predicted octanol–water partition coefficient (Wildman–Crippen LogP) is 4.93. The number of nitrogens with zero attached hydrogens (tertiary/aromatic N) is 2. The molecule has 2 aliphatic carbocycles. The highest BCUT2D eigenvalue weighted by Gasteiger charge is 2.67. The van der Waals surface area contributed by atoms with Gasteiger partial charge in [0.05, 0.1) is 41.0 Å². The van der Waals surface area contributed by atoms with Gasteiger partial charge in [-0.05, 0) is 68.4 Å². The smallest absolute Gasteiger partial charge is 0.303 e. The number of anilines is 1. The molecule has 0 spiro atoms. The van der Waals surface area contributed by atoms with Crippen molar-refractivity contribution in [2.75, 3.05) is 18.6 Å². The number of phenols is 1. The molecule has 2 aromatic carbocycles. The molecule has 1 saturated carbocycles. The zero-order valence-electron chi connectivity index (χ0n) is 25.1. The van der Waals surface area contributed by atoms with E-state index < -0.39 is 41.0 Å². The van der Waals surface area contributed by atoms with Crippen molar-refractivity contribution in [3.8, 4) is 11.5 Å². The van der Waals surface area contributed by atoms with E-state index in [2.05, 4.69) is 0 Å². The van der Waals surface area contributed by atoms with Gasteiger partial charge in [0.2, 0.25) is 23.6 Å². The summed E-state index contributed by atoms with van der Waals surface area (Å²) >= 11 is 6.46. The lowest BCUT2D eigenvalue weighted by atomic mass is 9.51. The molecule has 2 N–H and O–H groups in total. The minimum Gasteiger partial charge on any atom is -0.503 e. The van der Waals surface area contributed by atoms with Crippen LogP contribution in [-0.4, -0.2) is 58.4 Å². The summed E-state index contributed by atoms with van der Waals surface area (Å²) in [5, 5.41) is 19.5. The Morgan fingerprint density at radius 1 is 1.02 bits per heavy atom. The van der Waals surface area contributed by atoms with Gasteiger partial charge in [0.15, 0.2) is 11.5 Å². The van der Waals surface area contributed by atoms with Crippen LogP contribution >= 0.6 is 11.6 Å². The maximum absolute atomic E-state index is 14.4. The molecular weight excluding hydrogens is 600 g/mol. The summed E-state index contributed by atoms with van der Waals surface area (Å²) in [7, 11) is 1.40. The average molecular weight is 635 g/mol. The number of carboxylic acids is 1. The number of unbranched alkanes of at least 4 members (excludes halogenated alkanes) is 2. The number of halogens is 1. The van der Waals surface area contributed by atoms with E-state index in [9.17, 15) is 29.1 Å². The number of carbonyl (C=O) groups excluding carboxylic acids is 4. The quantitative estimate of drug-likeness (QED) is 0.225. The number of hydrogen-bond donors (Lipinski definition) is 2. The first-order valence-corrected chi connectivity index (χ1v) is 15.6. The van der Waals surface area contributed by atoms with Crippen LogP contribution < -0.4 is 9.64 Å². The summed E-state index contributed by atoms with van der Waals surface area (Å²) in [6, 6.07) is 11.9. The Kier molecular flexibility index (Phi) is 7.97. The predicted molar refractivity (Wildman–Crippen MR) is 164 cm³/mol. The first-order chi connectivity index (χ1) is 21.5. The van der Waals surface area contributed by atoms with Crippen LogP contribution in [0.15, 0.2) is 54.1 Å². The van der Waals surface area contributed by atoms with Crippen molar-refractivity contribution in [2.45, 2.75) is 51.4 Å². The lowest BCUT2D eigenvalue weighted by molar-refractivity contribution is -0.141. The SMILES string of the molecule is COc1cc([C@H]2C3=CC[C@@H]4C(=O)N(CCCCCC(=O)O)C(=O)[C@@H]4[C@@H]3C[C@H]3C(=O)N(c4ccccc4)C(=O)[C@@]23C)cc(Cl)c1O. The summed E-state index contributed by atoms with van der Waals surface area (Å²) in [6.45, 7) is 1.99. The second-order valence-electron chi connectivity index (χ2n) is 12.6. The Morgan fingerprint density at radius 3 is 2.44 bits per heavy atom. The third-order valence-corrected chi connectivity index (χ3v) is 10.5. The Balaban J connectivity index is 1.41. The zero-order valence-corrected chi connectivity index (χ0v) is 25.8. The number of allylic oxidation sites excluding steroid dienone is 2.